The van der Waals surface area contributed by atoms with E-state index in [0.29, 0.717) is 33.8 Å². The summed E-state index contributed by atoms with van der Waals surface area (Å²) >= 11 is 6.36. The Balaban J connectivity index is 1.76. The molecular weight excluding hydrogens is 472 g/mol. The average Bonchev–Trinajstić information content (AvgIpc) is 2.94. The predicted octanol–water partition coefficient (Wildman–Crippen LogP) is 6.20. The summed E-state index contributed by atoms with van der Waals surface area (Å²) in [7, 11) is 0. The number of hydrogen-bond acceptors (Lipinski definition) is 3. The SMILES string of the molecule is CC(C)(C)CC(=O)c1ccc(CNc2c(Cl)ccc3c2CCN(C(=O)C(F)(F)F)CC3)c(F)c1. The number of anilines is 1. The monoisotopic (exact) mass is 498 g/mol. The molecule has 34 heavy (non-hydrogen) atoms. The van der Waals surface area contributed by atoms with Crippen LogP contribution < -0.4 is 5.32 Å². The van der Waals surface area contributed by atoms with E-state index >= 15 is 0 Å². The maximum atomic E-state index is 14.7. The van der Waals surface area contributed by atoms with Crippen molar-refractivity contribution in [1.29, 1.82) is 0 Å². The van der Waals surface area contributed by atoms with Crippen LogP contribution in [0.4, 0.5) is 23.2 Å². The number of nitrogens with zero attached hydrogens (tertiary/aromatic N) is 1. The minimum absolute atomic E-state index is 0.0505. The topological polar surface area (TPSA) is 49.4 Å². The molecule has 1 heterocycles. The van der Waals surface area contributed by atoms with Gasteiger partial charge < -0.3 is 10.2 Å². The number of carbonyl (C=O) groups excluding carboxylic acids is 2. The number of Topliss-reactive ketones (excluding diaryl/α,β-unsaturated/α-hetero) is 1. The second kappa shape index (κ2) is 9.94. The molecule has 0 bridgehead atoms. The standard InChI is InChI=1S/C25H27ClF4N2O2/c1-24(2,3)13-21(33)16-4-5-17(20(27)12-16)14-31-22-18-9-11-32(23(34)25(28,29)30)10-8-15(18)6-7-19(22)26/h4-7,12,31H,8-11,13-14H2,1-3H3. The van der Waals surface area contributed by atoms with Crippen molar-refractivity contribution in [2.75, 3.05) is 18.4 Å². The van der Waals surface area contributed by atoms with Crippen LogP contribution in [0.1, 0.15) is 54.2 Å². The minimum Gasteiger partial charge on any atom is -0.379 e. The number of carbonyl (C=O) groups is 2. The van der Waals surface area contributed by atoms with Gasteiger partial charge in [0.15, 0.2) is 5.78 Å². The first-order valence-electron chi connectivity index (χ1n) is 11.0. The summed E-state index contributed by atoms with van der Waals surface area (Å²) in [6.45, 7) is 5.73. The first-order valence-corrected chi connectivity index (χ1v) is 11.4. The molecular formula is C25H27ClF4N2O2. The van der Waals surface area contributed by atoms with E-state index in [4.69, 9.17) is 11.6 Å². The lowest BCUT2D eigenvalue weighted by Gasteiger charge is -2.21. The van der Waals surface area contributed by atoms with Crippen LogP contribution in [0.3, 0.4) is 0 Å². The quantitative estimate of drug-likeness (QED) is 0.394. The van der Waals surface area contributed by atoms with Gasteiger partial charge in [0, 0.05) is 37.2 Å². The third-order valence-electron chi connectivity index (χ3n) is 5.69. The molecule has 2 aromatic rings. The van der Waals surface area contributed by atoms with Gasteiger partial charge in [0.05, 0.1) is 10.7 Å². The summed E-state index contributed by atoms with van der Waals surface area (Å²) in [5, 5.41) is 3.46. The number of alkyl halides is 3. The second-order valence-corrected chi connectivity index (χ2v) is 10.1. The van der Waals surface area contributed by atoms with E-state index in [1.165, 1.54) is 12.1 Å². The van der Waals surface area contributed by atoms with Gasteiger partial charge in [-0.3, -0.25) is 9.59 Å². The van der Waals surface area contributed by atoms with Crippen molar-refractivity contribution in [2.45, 2.75) is 52.8 Å². The highest BCUT2D eigenvalue weighted by atomic mass is 35.5. The van der Waals surface area contributed by atoms with Crippen LogP contribution in [-0.2, 0) is 24.2 Å². The number of hydrogen-bond donors (Lipinski definition) is 1. The van der Waals surface area contributed by atoms with Crippen LogP contribution in [0.5, 0.6) is 0 Å². The molecule has 2 aromatic carbocycles. The van der Waals surface area contributed by atoms with Crippen molar-refractivity contribution >= 4 is 29.0 Å². The third-order valence-corrected chi connectivity index (χ3v) is 6.01. The summed E-state index contributed by atoms with van der Waals surface area (Å²) in [5.74, 6) is -2.53. The van der Waals surface area contributed by atoms with E-state index in [-0.39, 0.29) is 43.7 Å². The summed E-state index contributed by atoms with van der Waals surface area (Å²) in [6.07, 6.45) is -4.19. The van der Waals surface area contributed by atoms with E-state index in [1.807, 2.05) is 20.8 Å². The van der Waals surface area contributed by atoms with E-state index < -0.39 is 17.9 Å². The van der Waals surface area contributed by atoms with Crippen LogP contribution in [0.15, 0.2) is 30.3 Å². The van der Waals surface area contributed by atoms with Crippen LogP contribution in [-0.4, -0.2) is 35.9 Å². The van der Waals surface area contributed by atoms with Crippen molar-refractivity contribution in [3.05, 3.63) is 63.4 Å². The van der Waals surface area contributed by atoms with Gasteiger partial charge in [-0.15, -0.1) is 0 Å². The molecule has 184 valence electrons. The molecule has 0 saturated heterocycles. The molecule has 0 aromatic heterocycles. The fourth-order valence-electron chi connectivity index (χ4n) is 4.00. The van der Waals surface area contributed by atoms with Crippen molar-refractivity contribution in [3.8, 4) is 0 Å². The molecule has 1 aliphatic rings. The van der Waals surface area contributed by atoms with Crippen molar-refractivity contribution in [1.82, 2.24) is 4.90 Å². The maximum absolute atomic E-state index is 14.7. The Morgan fingerprint density at radius 3 is 2.35 bits per heavy atom. The van der Waals surface area contributed by atoms with Gasteiger partial charge in [-0.25, -0.2) is 4.39 Å². The summed E-state index contributed by atoms with van der Waals surface area (Å²) in [5.41, 5.74) is 2.42. The number of benzene rings is 2. The number of fused-ring (bicyclic) bond motifs is 1. The fraction of sp³-hybridized carbons (Fsp3) is 0.440. The number of rotatable bonds is 5. The van der Waals surface area contributed by atoms with Gasteiger partial charge in [-0.2, -0.15) is 13.2 Å². The van der Waals surface area contributed by atoms with Crippen LogP contribution in [0.25, 0.3) is 0 Å². The van der Waals surface area contributed by atoms with Gasteiger partial charge >= 0.3 is 12.1 Å². The molecule has 0 saturated carbocycles. The summed E-state index contributed by atoms with van der Waals surface area (Å²) < 4.78 is 53.3. The smallest absolute Gasteiger partial charge is 0.379 e. The van der Waals surface area contributed by atoms with Crippen molar-refractivity contribution < 1.29 is 27.2 Å². The number of ketones is 1. The molecule has 0 atom stereocenters. The zero-order valence-corrected chi connectivity index (χ0v) is 20.0. The van der Waals surface area contributed by atoms with Crippen LogP contribution in [0.2, 0.25) is 5.02 Å². The molecule has 4 nitrogen and oxygen atoms in total. The molecule has 0 radical (unpaired) electrons. The zero-order valence-electron chi connectivity index (χ0n) is 19.3. The fourth-order valence-corrected chi connectivity index (χ4v) is 4.24. The zero-order chi connectivity index (χ0) is 25.3. The van der Waals surface area contributed by atoms with E-state index in [9.17, 15) is 27.2 Å². The normalized spacial score (nSPS) is 14.4. The Bertz CT molecular complexity index is 1090. The lowest BCUT2D eigenvalue weighted by Crippen LogP contribution is -2.42. The third kappa shape index (κ3) is 6.29. The predicted molar refractivity (Wildman–Crippen MR) is 124 cm³/mol. The lowest BCUT2D eigenvalue weighted by atomic mass is 9.87. The van der Waals surface area contributed by atoms with Gasteiger partial charge in [0.1, 0.15) is 5.82 Å². The first-order chi connectivity index (χ1) is 15.8. The minimum atomic E-state index is -4.92. The van der Waals surface area contributed by atoms with Crippen LogP contribution in [0, 0.1) is 11.2 Å². The number of amides is 1. The Labute approximate surface area is 201 Å². The molecule has 1 amide bonds. The molecule has 0 aliphatic carbocycles. The van der Waals surface area contributed by atoms with Gasteiger partial charge in [-0.1, -0.05) is 50.6 Å². The van der Waals surface area contributed by atoms with Gasteiger partial charge in [-0.05, 0) is 41.5 Å². The molecule has 1 N–H and O–H groups in total. The Morgan fingerprint density at radius 1 is 1.06 bits per heavy atom. The second-order valence-electron chi connectivity index (χ2n) is 9.67. The van der Waals surface area contributed by atoms with Gasteiger partial charge in [0.25, 0.3) is 0 Å². The van der Waals surface area contributed by atoms with Crippen molar-refractivity contribution in [2.24, 2.45) is 5.41 Å². The largest absolute Gasteiger partial charge is 0.471 e. The lowest BCUT2D eigenvalue weighted by molar-refractivity contribution is -0.185. The first kappa shape index (κ1) is 26.0. The molecule has 9 heteroatoms. The highest BCUT2D eigenvalue weighted by molar-refractivity contribution is 6.33. The van der Waals surface area contributed by atoms with E-state index in [0.717, 1.165) is 10.5 Å². The average molecular weight is 499 g/mol. The highest BCUT2D eigenvalue weighted by Gasteiger charge is 2.42. The van der Waals surface area contributed by atoms with E-state index in [2.05, 4.69) is 5.32 Å². The highest BCUT2D eigenvalue weighted by Crippen LogP contribution is 2.33. The maximum Gasteiger partial charge on any atom is 0.471 e. The number of nitrogens with one attached hydrogen (secondary N) is 1. The molecule has 0 unspecified atom stereocenters. The number of halogens is 5. The molecule has 0 spiro atoms. The van der Waals surface area contributed by atoms with E-state index in [1.54, 1.807) is 18.2 Å². The molecule has 0 fully saturated rings. The summed E-state index contributed by atoms with van der Waals surface area (Å²) in [4.78, 5) is 24.8. The van der Waals surface area contributed by atoms with Crippen molar-refractivity contribution in [3.63, 3.8) is 0 Å². The summed E-state index contributed by atoms with van der Waals surface area (Å²) in [6, 6.07) is 7.72. The Hall–Kier alpha value is -2.61. The van der Waals surface area contributed by atoms with Crippen LogP contribution >= 0.6 is 11.6 Å². The Morgan fingerprint density at radius 2 is 1.74 bits per heavy atom. The van der Waals surface area contributed by atoms with Gasteiger partial charge in [0.2, 0.25) is 0 Å². The molecule has 3 rings (SSSR count). The Kier molecular flexibility index (Phi) is 7.60. The molecule has 1 aliphatic heterocycles.